The topological polar surface area (TPSA) is 61.6 Å². The zero-order valence-electron chi connectivity index (χ0n) is 7.20. The van der Waals surface area contributed by atoms with Gasteiger partial charge in [0.25, 0.3) is 0 Å². The van der Waals surface area contributed by atoms with Crippen molar-refractivity contribution in [1.82, 2.24) is 0 Å². The molecule has 0 bridgehead atoms. The lowest BCUT2D eigenvalue weighted by atomic mass is 10.1. The van der Waals surface area contributed by atoms with Crippen molar-refractivity contribution < 1.29 is 14.3 Å². The van der Waals surface area contributed by atoms with Crippen LogP contribution in [0, 0.1) is 0 Å². The minimum absolute atomic E-state index is 0.197. The van der Waals surface area contributed by atoms with E-state index in [1.54, 1.807) is 18.2 Å². The molecule has 0 saturated heterocycles. The van der Waals surface area contributed by atoms with Crippen LogP contribution in [0.5, 0.6) is 11.5 Å². The third kappa shape index (κ3) is 1.54. The molecule has 0 spiro atoms. The molecular weight excluding hydrogens is 206 g/mol. The molecule has 2 N–H and O–H groups in total. The molecule has 1 heterocycles. The van der Waals surface area contributed by atoms with Crippen molar-refractivity contribution in [1.29, 1.82) is 0 Å². The van der Waals surface area contributed by atoms with Crippen LogP contribution in [0.4, 0.5) is 0 Å². The molecule has 4 nitrogen and oxygen atoms in total. The molecule has 14 heavy (non-hydrogen) atoms. The van der Waals surface area contributed by atoms with Gasteiger partial charge < -0.3 is 15.2 Å². The van der Waals surface area contributed by atoms with Gasteiger partial charge in [0.15, 0.2) is 11.5 Å². The lowest BCUT2D eigenvalue weighted by Crippen LogP contribution is -2.16. The Bertz CT molecular complexity index is 380. The molecule has 5 heteroatoms. The van der Waals surface area contributed by atoms with Gasteiger partial charge in [0.1, 0.15) is 6.04 Å². The average Bonchev–Trinajstić information content (AvgIpc) is 2.62. The van der Waals surface area contributed by atoms with E-state index in [9.17, 15) is 4.79 Å². The van der Waals surface area contributed by atoms with Crippen molar-refractivity contribution in [3.8, 4) is 11.5 Å². The Balaban J connectivity index is 2.33. The van der Waals surface area contributed by atoms with Crippen molar-refractivity contribution in [2.75, 3.05) is 6.79 Å². The monoisotopic (exact) mass is 213 g/mol. The highest BCUT2D eigenvalue weighted by atomic mass is 35.5. The zero-order valence-corrected chi connectivity index (χ0v) is 7.95. The summed E-state index contributed by atoms with van der Waals surface area (Å²) in [5.41, 5.74) is 6.17. The summed E-state index contributed by atoms with van der Waals surface area (Å²) in [4.78, 5) is 10.8. The first-order valence-electron chi connectivity index (χ1n) is 4.03. The van der Waals surface area contributed by atoms with E-state index in [0.29, 0.717) is 17.1 Å². The Kier molecular flexibility index (Phi) is 2.31. The Morgan fingerprint density at radius 3 is 2.86 bits per heavy atom. The fourth-order valence-corrected chi connectivity index (χ4v) is 1.36. The van der Waals surface area contributed by atoms with Crippen molar-refractivity contribution in [3.63, 3.8) is 0 Å². The third-order valence-corrected chi connectivity index (χ3v) is 2.24. The molecule has 0 aliphatic carbocycles. The molecule has 2 rings (SSSR count). The predicted molar refractivity (Wildman–Crippen MR) is 50.4 cm³/mol. The Hall–Kier alpha value is -1.26. The number of hydrogen-bond acceptors (Lipinski definition) is 4. The van der Waals surface area contributed by atoms with E-state index < -0.39 is 11.3 Å². The van der Waals surface area contributed by atoms with E-state index in [4.69, 9.17) is 26.8 Å². The zero-order chi connectivity index (χ0) is 10.1. The second kappa shape index (κ2) is 3.48. The van der Waals surface area contributed by atoms with E-state index in [2.05, 4.69) is 0 Å². The minimum Gasteiger partial charge on any atom is -0.454 e. The number of ether oxygens (including phenoxy) is 2. The molecule has 1 aliphatic rings. The lowest BCUT2D eigenvalue weighted by Gasteiger charge is -2.06. The molecule has 0 aromatic heterocycles. The molecule has 1 atom stereocenters. The average molecular weight is 214 g/mol. The summed E-state index contributed by atoms with van der Waals surface area (Å²) >= 11 is 5.28. The largest absolute Gasteiger partial charge is 0.454 e. The van der Waals surface area contributed by atoms with Crippen LogP contribution in [-0.2, 0) is 4.79 Å². The molecule has 1 aromatic rings. The summed E-state index contributed by atoms with van der Waals surface area (Å²) in [6.07, 6.45) is 0. The molecule has 74 valence electrons. The first-order valence-corrected chi connectivity index (χ1v) is 4.41. The standard InChI is InChI=1S/C9H8ClNO3/c10-9(12)8(11)5-1-2-6-7(3-5)14-4-13-6/h1-3,8H,4,11H2. The van der Waals surface area contributed by atoms with Gasteiger partial charge in [0, 0.05) is 0 Å². The van der Waals surface area contributed by atoms with Gasteiger partial charge in [0.2, 0.25) is 12.0 Å². The molecule has 1 aromatic carbocycles. The molecule has 0 saturated carbocycles. The summed E-state index contributed by atoms with van der Waals surface area (Å²) in [7, 11) is 0. The summed E-state index contributed by atoms with van der Waals surface area (Å²) in [5, 5.41) is -0.594. The van der Waals surface area contributed by atoms with Crippen LogP contribution in [-0.4, -0.2) is 12.0 Å². The van der Waals surface area contributed by atoms with Gasteiger partial charge in [-0.2, -0.15) is 0 Å². The van der Waals surface area contributed by atoms with Gasteiger partial charge in [-0.15, -0.1) is 0 Å². The number of rotatable bonds is 2. The second-order valence-electron chi connectivity index (χ2n) is 2.89. The number of fused-ring (bicyclic) bond motifs is 1. The quantitative estimate of drug-likeness (QED) is 0.750. The van der Waals surface area contributed by atoms with E-state index in [1.165, 1.54) is 0 Å². The van der Waals surface area contributed by atoms with E-state index >= 15 is 0 Å². The molecular formula is C9H8ClNO3. The second-order valence-corrected chi connectivity index (χ2v) is 3.27. The van der Waals surface area contributed by atoms with Gasteiger partial charge in [0.05, 0.1) is 0 Å². The van der Waals surface area contributed by atoms with Crippen LogP contribution in [0.15, 0.2) is 18.2 Å². The van der Waals surface area contributed by atoms with Gasteiger partial charge in [-0.05, 0) is 29.3 Å². The number of benzene rings is 1. The maximum absolute atomic E-state index is 10.8. The number of carbonyl (C=O) groups is 1. The summed E-state index contributed by atoms with van der Waals surface area (Å²) in [6.45, 7) is 0.197. The Labute approximate surface area is 85.6 Å². The highest BCUT2D eigenvalue weighted by Gasteiger charge is 2.18. The van der Waals surface area contributed by atoms with Crippen LogP contribution in [0.25, 0.3) is 0 Å². The fraction of sp³-hybridized carbons (Fsp3) is 0.222. The first kappa shape index (κ1) is 9.30. The van der Waals surface area contributed by atoms with Gasteiger partial charge in [-0.1, -0.05) is 6.07 Å². The minimum atomic E-state index is -0.814. The summed E-state index contributed by atoms with van der Waals surface area (Å²) in [5.74, 6) is 1.25. The van der Waals surface area contributed by atoms with Gasteiger partial charge in [-0.25, -0.2) is 0 Å². The molecule has 0 radical (unpaired) electrons. The first-order chi connectivity index (χ1) is 6.68. The number of carbonyl (C=O) groups excluding carboxylic acids is 1. The van der Waals surface area contributed by atoms with Crippen molar-refractivity contribution in [2.45, 2.75) is 6.04 Å². The normalized spacial score (nSPS) is 15.3. The van der Waals surface area contributed by atoms with Crippen molar-refractivity contribution >= 4 is 16.8 Å². The maximum Gasteiger partial charge on any atom is 0.242 e. The molecule has 1 unspecified atom stereocenters. The Morgan fingerprint density at radius 1 is 1.43 bits per heavy atom. The fourth-order valence-electron chi connectivity index (χ4n) is 1.24. The van der Waals surface area contributed by atoms with Crippen LogP contribution in [0.3, 0.4) is 0 Å². The smallest absolute Gasteiger partial charge is 0.242 e. The van der Waals surface area contributed by atoms with Crippen LogP contribution in [0.2, 0.25) is 0 Å². The summed E-state index contributed by atoms with van der Waals surface area (Å²) in [6, 6.07) is 4.24. The van der Waals surface area contributed by atoms with E-state index in [-0.39, 0.29) is 6.79 Å². The van der Waals surface area contributed by atoms with E-state index in [1.807, 2.05) is 0 Å². The van der Waals surface area contributed by atoms with E-state index in [0.717, 1.165) is 0 Å². The van der Waals surface area contributed by atoms with Crippen LogP contribution < -0.4 is 15.2 Å². The van der Waals surface area contributed by atoms with Gasteiger partial charge in [-0.3, -0.25) is 4.79 Å². The molecule has 0 amide bonds. The van der Waals surface area contributed by atoms with Crippen LogP contribution in [0.1, 0.15) is 11.6 Å². The Morgan fingerprint density at radius 2 is 2.14 bits per heavy atom. The number of hydrogen-bond donors (Lipinski definition) is 1. The SMILES string of the molecule is NC(C(=O)Cl)c1ccc2c(c1)OCO2. The summed E-state index contributed by atoms with van der Waals surface area (Å²) < 4.78 is 10.2. The highest BCUT2D eigenvalue weighted by molar-refractivity contribution is 6.64. The number of halogens is 1. The highest BCUT2D eigenvalue weighted by Crippen LogP contribution is 2.34. The molecule has 1 aliphatic heterocycles. The van der Waals surface area contributed by atoms with Gasteiger partial charge >= 0.3 is 0 Å². The lowest BCUT2D eigenvalue weighted by molar-refractivity contribution is -0.112. The van der Waals surface area contributed by atoms with Crippen molar-refractivity contribution in [2.24, 2.45) is 5.73 Å². The predicted octanol–water partition coefficient (Wildman–Crippen LogP) is 1.18. The van der Waals surface area contributed by atoms with Crippen LogP contribution >= 0.6 is 11.6 Å². The molecule has 0 fully saturated rings. The third-order valence-electron chi connectivity index (χ3n) is 2.00. The van der Waals surface area contributed by atoms with Crippen molar-refractivity contribution in [3.05, 3.63) is 23.8 Å². The maximum atomic E-state index is 10.8. The number of nitrogens with two attached hydrogens (primary N) is 1.